The lowest BCUT2D eigenvalue weighted by atomic mass is 10.1. The van der Waals surface area contributed by atoms with Crippen molar-refractivity contribution >= 4 is 34.4 Å². The molecule has 1 heterocycles. The number of nitrogens with one attached hydrogen (secondary N) is 1. The Balaban J connectivity index is 2.23. The van der Waals surface area contributed by atoms with Crippen LogP contribution >= 0.6 is 11.8 Å². The zero-order valence-electron chi connectivity index (χ0n) is 11.6. The van der Waals surface area contributed by atoms with Crippen LogP contribution in [0.2, 0.25) is 0 Å². The van der Waals surface area contributed by atoms with Gasteiger partial charge < -0.3 is 10.4 Å². The molecular formula is C15H16N2O3S. The molecule has 5 nitrogen and oxygen atoms in total. The number of aromatic nitrogens is 1. The molecule has 1 aromatic carbocycles. The molecule has 0 bridgehead atoms. The van der Waals surface area contributed by atoms with Crippen LogP contribution in [0.1, 0.15) is 16.9 Å². The van der Waals surface area contributed by atoms with Gasteiger partial charge in [0.2, 0.25) is 0 Å². The van der Waals surface area contributed by atoms with Crippen molar-refractivity contribution in [3.8, 4) is 0 Å². The molecule has 2 aromatic rings. The number of benzene rings is 1. The van der Waals surface area contributed by atoms with Crippen molar-refractivity contribution in [2.24, 2.45) is 0 Å². The lowest BCUT2D eigenvalue weighted by Crippen LogP contribution is -2.41. The van der Waals surface area contributed by atoms with Gasteiger partial charge in [-0.05, 0) is 29.9 Å². The van der Waals surface area contributed by atoms with Gasteiger partial charge in [0.15, 0.2) is 0 Å². The van der Waals surface area contributed by atoms with E-state index in [1.165, 1.54) is 0 Å². The number of fused-ring (bicyclic) bond motifs is 1. The molecule has 0 fully saturated rings. The first-order chi connectivity index (χ1) is 10.1. The minimum Gasteiger partial charge on any atom is -0.480 e. The van der Waals surface area contributed by atoms with E-state index < -0.39 is 17.9 Å². The molecule has 0 saturated heterocycles. The van der Waals surface area contributed by atoms with Gasteiger partial charge in [-0.1, -0.05) is 24.3 Å². The molecule has 1 amide bonds. The van der Waals surface area contributed by atoms with Crippen molar-refractivity contribution in [2.45, 2.75) is 12.5 Å². The van der Waals surface area contributed by atoms with Crippen molar-refractivity contribution in [3.63, 3.8) is 0 Å². The smallest absolute Gasteiger partial charge is 0.326 e. The first-order valence-corrected chi connectivity index (χ1v) is 7.89. The summed E-state index contributed by atoms with van der Waals surface area (Å²) in [5, 5.41) is 13.3. The van der Waals surface area contributed by atoms with E-state index in [0.29, 0.717) is 17.6 Å². The largest absolute Gasteiger partial charge is 0.480 e. The molecule has 0 saturated carbocycles. The van der Waals surface area contributed by atoms with Gasteiger partial charge in [-0.2, -0.15) is 11.8 Å². The van der Waals surface area contributed by atoms with Gasteiger partial charge in [-0.15, -0.1) is 0 Å². The SMILES string of the molecule is CSCC[C@H](NC(=O)c1nccc2ccccc12)C(=O)O. The van der Waals surface area contributed by atoms with E-state index in [1.54, 1.807) is 24.0 Å². The molecule has 1 aromatic heterocycles. The molecule has 1 atom stereocenters. The highest BCUT2D eigenvalue weighted by molar-refractivity contribution is 7.98. The third-order valence-corrected chi connectivity index (χ3v) is 3.75. The van der Waals surface area contributed by atoms with Crippen molar-refractivity contribution in [3.05, 3.63) is 42.2 Å². The summed E-state index contributed by atoms with van der Waals surface area (Å²) in [6, 6.07) is 8.30. The van der Waals surface area contributed by atoms with Crippen LogP contribution in [0.5, 0.6) is 0 Å². The van der Waals surface area contributed by atoms with Crippen molar-refractivity contribution in [1.82, 2.24) is 10.3 Å². The number of carboxylic acids is 1. The van der Waals surface area contributed by atoms with Crippen molar-refractivity contribution in [1.29, 1.82) is 0 Å². The second-order valence-corrected chi connectivity index (χ2v) is 5.51. The summed E-state index contributed by atoms with van der Waals surface area (Å²) in [4.78, 5) is 27.6. The topological polar surface area (TPSA) is 79.3 Å². The fourth-order valence-corrected chi connectivity index (χ4v) is 2.49. The number of carbonyl (C=O) groups is 2. The highest BCUT2D eigenvalue weighted by atomic mass is 32.2. The first-order valence-electron chi connectivity index (χ1n) is 6.50. The summed E-state index contributed by atoms with van der Waals surface area (Å²) in [5.41, 5.74) is 0.253. The van der Waals surface area contributed by atoms with E-state index in [1.807, 2.05) is 30.5 Å². The Hall–Kier alpha value is -2.08. The standard InChI is InChI=1S/C15H16N2O3S/c1-21-9-7-12(15(19)20)17-14(18)13-11-5-3-2-4-10(11)6-8-16-13/h2-6,8,12H,7,9H2,1H3,(H,17,18)(H,19,20)/t12-/m0/s1. The monoisotopic (exact) mass is 304 g/mol. The lowest BCUT2D eigenvalue weighted by molar-refractivity contribution is -0.139. The number of hydrogen-bond acceptors (Lipinski definition) is 4. The van der Waals surface area contributed by atoms with Gasteiger partial charge in [-0.25, -0.2) is 4.79 Å². The van der Waals surface area contributed by atoms with Gasteiger partial charge >= 0.3 is 5.97 Å². The number of aliphatic carboxylic acids is 1. The van der Waals surface area contributed by atoms with E-state index in [-0.39, 0.29) is 5.69 Å². The maximum atomic E-state index is 12.3. The van der Waals surface area contributed by atoms with Crippen LogP contribution < -0.4 is 5.32 Å². The molecule has 0 aliphatic carbocycles. The molecule has 0 aliphatic heterocycles. The van der Waals surface area contributed by atoms with E-state index in [9.17, 15) is 9.59 Å². The predicted octanol–water partition coefficient (Wildman–Crippen LogP) is 2.17. The summed E-state index contributed by atoms with van der Waals surface area (Å²) < 4.78 is 0. The lowest BCUT2D eigenvalue weighted by Gasteiger charge is -2.14. The van der Waals surface area contributed by atoms with Crippen LogP contribution in [-0.4, -0.2) is 40.0 Å². The Bertz CT molecular complexity index is 655. The number of hydrogen-bond donors (Lipinski definition) is 2. The molecule has 0 spiro atoms. The van der Waals surface area contributed by atoms with E-state index in [4.69, 9.17) is 5.11 Å². The van der Waals surface area contributed by atoms with Gasteiger partial charge in [0.05, 0.1) is 0 Å². The zero-order chi connectivity index (χ0) is 15.2. The summed E-state index contributed by atoms with van der Waals surface area (Å²) in [6.07, 6.45) is 3.83. The maximum absolute atomic E-state index is 12.3. The molecule has 6 heteroatoms. The molecule has 0 aliphatic rings. The van der Waals surface area contributed by atoms with Crippen LogP contribution in [0.15, 0.2) is 36.5 Å². The molecule has 110 valence electrons. The zero-order valence-corrected chi connectivity index (χ0v) is 12.4. The number of carbonyl (C=O) groups excluding carboxylic acids is 1. The van der Waals surface area contributed by atoms with E-state index in [2.05, 4.69) is 10.3 Å². The van der Waals surface area contributed by atoms with Crippen LogP contribution in [0, 0.1) is 0 Å². The highest BCUT2D eigenvalue weighted by Gasteiger charge is 2.21. The second-order valence-electron chi connectivity index (χ2n) is 4.53. The van der Waals surface area contributed by atoms with Gasteiger partial charge in [-0.3, -0.25) is 9.78 Å². The first kappa shape index (κ1) is 15.3. The number of rotatable bonds is 6. The summed E-state index contributed by atoms with van der Waals surface area (Å²) in [5.74, 6) is -0.821. The van der Waals surface area contributed by atoms with Crippen LogP contribution in [0.3, 0.4) is 0 Å². The van der Waals surface area contributed by atoms with Crippen molar-refractivity contribution < 1.29 is 14.7 Å². The van der Waals surface area contributed by atoms with Crippen LogP contribution in [-0.2, 0) is 4.79 Å². The van der Waals surface area contributed by atoms with Crippen LogP contribution in [0.25, 0.3) is 10.8 Å². The number of nitrogens with zero attached hydrogens (tertiary/aromatic N) is 1. The van der Waals surface area contributed by atoms with Gasteiger partial charge in [0.1, 0.15) is 11.7 Å². The highest BCUT2D eigenvalue weighted by Crippen LogP contribution is 2.16. The second kappa shape index (κ2) is 7.08. The minimum atomic E-state index is -1.03. The molecule has 21 heavy (non-hydrogen) atoms. The Kier molecular flexibility index (Phi) is 5.16. The molecule has 2 rings (SSSR count). The Morgan fingerprint density at radius 3 is 2.81 bits per heavy atom. The maximum Gasteiger partial charge on any atom is 0.326 e. The average Bonchev–Trinajstić information content (AvgIpc) is 2.50. The summed E-state index contributed by atoms with van der Waals surface area (Å²) >= 11 is 1.54. The summed E-state index contributed by atoms with van der Waals surface area (Å²) in [7, 11) is 0. The fourth-order valence-electron chi connectivity index (χ4n) is 2.02. The molecule has 0 unspecified atom stereocenters. The van der Waals surface area contributed by atoms with Gasteiger partial charge in [0.25, 0.3) is 5.91 Å². The Morgan fingerprint density at radius 1 is 1.33 bits per heavy atom. The molecular weight excluding hydrogens is 288 g/mol. The quantitative estimate of drug-likeness (QED) is 0.855. The third kappa shape index (κ3) is 3.72. The Labute approximate surface area is 126 Å². The van der Waals surface area contributed by atoms with E-state index >= 15 is 0 Å². The van der Waals surface area contributed by atoms with Gasteiger partial charge in [0, 0.05) is 11.6 Å². The fraction of sp³-hybridized carbons (Fsp3) is 0.267. The number of amides is 1. The number of pyridine rings is 1. The number of thioether (sulfide) groups is 1. The average molecular weight is 304 g/mol. The van der Waals surface area contributed by atoms with E-state index in [0.717, 1.165) is 5.39 Å². The third-order valence-electron chi connectivity index (χ3n) is 3.10. The Morgan fingerprint density at radius 2 is 2.10 bits per heavy atom. The number of carboxylic acid groups (broad SMARTS) is 1. The van der Waals surface area contributed by atoms with Crippen LogP contribution in [0.4, 0.5) is 0 Å². The summed E-state index contributed by atoms with van der Waals surface area (Å²) in [6.45, 7) is 0. The molecule has 2 N–H and O–H groups in total. The minimum absolute atomic E-state index is 0.253. The normalized spacial score (nSPS) is 12.0. The molecule has 0 radical (unpaired) electrons. The van der Waals surface area contributed by atoms with Crippen molar-refractivity contribution in [2.75, 3.05) is 12.0 Å². The predicted molar refractivity (Wildman–Crippen MR) is 83.6 cm³/mol.